The lowest BCUT2D eigenvalue weighted by Gasteiger charge is -2.34. The monoisotopic (exact) mass is 357 g/mol. The van der Waals surface area contributed by atoms with E-state index in [-0.39, 0.29) is 11.7 Å². The Bertz CT molecular complexity index is 537. The van der Waals surface area contributed by atoms with Gasteiger partial charge in [-0.15, -0.1) is 0 Å². The Morgan fingerprint density at radius 1 is 1.29 bits per heavy atom. The highest BCUT2D eigenvalue weighted by atomic mass is 35.5. The van der Waals surface area contributed by atoms with Crippen molar-refractivity contribution in [3.8, 4) is 0 Å². The van der Waals surface area contributed by atoms with Gasteiger partial charge in [-0.25, -0.2) is 4.39 Å². The molecule has 1 amide bonds. The zero-order valence-electron chi connectivity index (χ0n) is 14.1. The average Bonchev–Trinajstić information content (AvgIpc) is 2.56. The summed E-state index contributed by atoms with van der Waals surface area (Å²) in [5, 5.41) is 3.37. The van der Waals surface area contributed by atoms with Gasteiger partial charge in [0, 0.05) is 58.0 Å². The lowest BCUT2D eigenvalue weighted by Crippen LogP contribution is -2.49. The molecule has 5 nitrogen and oxygen atoms in total. The van der Waals surface area contributed by atoms with Crippen LogP contribution in [-0.4, -0.2) is 68.7 Å². The van der Waals surface area contributed by atoms with Crippen LogP contribution in [0.4, 0.5) is 4.39 Å². The normalized spacial score (nSPS) is 16.3. The van der Waals surface area contributed by atoms with Crippen molar-refractivity contribution in [2.45, 2.75) is 13.0 Å². The summed E-state index contributed by atoms with van der Waals surface area (Å²) in [7, 11) is 1.65. The number of methoxy groups -OCH3 is 1. The van der Waals surface area contributed by atoms with Crippen LogP contribution in [0.25, 0.3) is 0 Å². The molecule has 2 rings (SSSR count). The van der Waals surface area contributed by atoms with Crippen molar-refractivity contribution in [1.82, 2.24) is 15.1 Å². The van der Waals surface area contributed by atoms with Crippen molar-refractivity contribution < 1.29 is 13.9 Å². The number of carbonyl (C=O) groups excluding carboxylic acids is 1. The molecular weight excluding hydrogens is 333 g/mol. The topological polar surface area (TPSA) is 44.8 Å². The summed E-state index contributed by atoms with van der Waals surface area (Å²) in [4.78, 5) is 16.3. The summed E-state index contributed by atoms with van der Waals surface area (Å²) in [5.74, 6) is -0.258. The molecule has 1 N–H and O–H groups in total. The number of hydrogen-bond donors (Lipinski definition) is 1. The summed E-state index contributed by atoms with van der Waals surface area (Å²) in [6.45, 7) is 5.85. The van der Waals surface area contributed by atoms with Gasteiger partial charge in [0.25, 0.3) is 0 Å². The smallest absolute Gasteiger partial charge is 0.234 e. The molecule has 0 saturated carbocycles. The van der Waals surface area contributed by atoms with Gasteiger partial charge in [-0.1, -0.05) is 17.7 Å². The highest BCUT2D eigenvalue weighted by Crippen LogP contribution is 2.19. The molecule has 1 saturated heterocycles. The van der Waals surface area contributed by atoms with Crippen LogP contribution in [0.15, 0.2) is 18.2 Å². The Hall–Kier alpha value is -1.21. The molecule has 0 radical (unpaired) electrons. The van der Waals surface area contributed by atoms with E-state index in [1.165, 1.54) is 12.1 Å². The minimum absolute atomic E-state index is 0.0566. The fourth-order valence-electron chi connectivity index (χ4n) is 2.70. The number of nitrogens with one attached hydrogen (secondary N) is 1. The summed E-state index contributed by atoms with van der Waals surface area (Å²) >= 11 is 6.08. The first-order valence-corrected chi connectivity index (χ1v) is 8.60. The molecule has 1 aromatic rings. The predicted molar refractivity (Wildman–Crippen MR) is 92.6 cm³/mol. The highest BCUT2D eigenvalue weighted by molar-refractivity contribution is 6.31. The van der Waals surface area contributed by atoms with E-state index < -0.39 is 0 Å². The van der Waals surface area contributed by atoms with E-state index in [9.17, 15) is 9.18 Å². The van der Waals surface area contributed by atoms with Crippen molar-refractivity contribution in [1.29, 1.82) is 0 Å². The van der Waals surface area contributed by atoms with Crippen LogP contribution in [-0.2, 0) is 16.1 Å². The maximum Gasteiger partial charge on any atom is 0.234 e. The van der Waals surface area contributed by atoms with E-state index in [4.69, 9.17) is 16.3 Å². The summed E-state index contributed by atoms with van der Waals surface area (Å²) in [6, 6.07) is 4.52. The first kappa shape index (κ1) is 19.1. The lowest BCUT2D eigenvalue weighted by molar-refractivity contribution is -0.122. The van der Waals surface area contributed by atoms with Gasteiger partial charge in [0.05, 0.1) is 6.54 Å². The number of benzene rings is 1. The minimum Gasteiger partial charge on any atom is -0.385 e. The number of rotatable bonds is 8. The molecule has 1 aliphatic heterocycles. The van der Waals surface area contributed by atoms with Gasteiger partial charge in [0.2, 0.25) is 5.91 Å². The van der Waals surface area contributed by atoms with Crippen molar-refractivity contribution in [2.75, 3.05) is 53.0 Å². The van der Waals surface area contributed by atoms with E-state index in [0.717, 1.165) is 38.2 Å². The number of carbonyl (C=O) groups is 1. The molecule has 1 fully saturated rings. The van der Waals surface area contributed by atoms with Crippen molar-refractivity contribution in [2.24, 2.45) is 0 Å². The summed E-state index contributed by atoms with van der Waals surface area (Å²) in [5.41, 5.74) is 0.933. The molecular formula is C17H25ClFN3O2. The van der Waals surface area contributed by atoms with E-state index in [2.05, 4.69) is 15.1 Å². The molecule has 134 valence electrons. The molecule has 1 aliphatic rings. The van der Waals surface area contributed by atoms with Crippen molar-refractivity contribution in [3.05, 3.63) is 34.6 Å². The van der Waals surface area contributed by atoms with Crippen LogP contribution in [0.5, 0.6) is 0 Å². The predicted octanol–water partition coefficient (Wildman–Crippen LogP) is 1.75. The van der Waals surface area contributed by atoms with Gasteiger partial charge in [-0.2, -0.15) is 0 Å². The summed E-state index contributed by atoms with van der Waals surface area (Å²) < 4.78 is 18.0. The second-order valence-corrected chi connectivity index (χ2v) is 6.39. The van der Waals surface area contributed by atoms with Crippen LogP contribution in [0, 0.1) is 5.82 Å². The number of hydrogen-bond acceptors (Lipinski definition) is 4. The van der Waals surface area contributed by atoms with Crippen LogP contribution in [0.3, 0.4) is 0 Å². The Morgan fingerprint density at radius 2 is 2.00 bits per heavy atom. The zero-order chi connectivity index (χ0) is 17.4. The van der Waals surface area contributed by atoms with E-state index in [1.807, 2.05) is 0 Å². The summed E-state index contributed by atoms with van der Waals surface area (Å²) in [6.07, 6.45) is 0.828. The van der Waals surface area contributed by atoms with E-state index in [1.54, 1.807) is 13.2 Å². The second-order valence-electron chi connectivity index (χ2n) is 5.98. The highest BCUT2D eigenvalue weighted by Gasteiger charge is 2.19. The first-order chi connectivity index (χ1) is 11.6. The quantitative estimate of drug-likeness (QED) is 0.720. The number of piperazine rings is 1. The number of nitrogens with zero attached hydrogens (tertiary/aromatic N) is 2. The molecule has 0 aliphatic carbocycles. The van der Waals surface area contributed by atoms with Crippen LogP contribution < -0.4 is 5.32 Å². The third-order valence-corrected chi connectivity index (χ3v) is 4.44. The van der Waals surface area contributed by atoms with Gasteiger partial charge < -0.3 is 10.1 Å². The molecule has 0 bridgehead atoms. The van der Waals surface area contributed by atoms with E-state index in [0.29, 0.717) is 31.3 Å². The zero-order valence-corrected chi connectivity index (χ0v) is 14.8. The largest absolute Gasteiger partial charge is 0.385 e. The van der Waals surface area contributed by atoms with Crippen molar-refractivity contribution in [3.63, 3.8) is 0 Å². The fraction of sp³-hybridized carbons (Fsp3) is 0.588. The maximum atomic E-state index is 13.1. The average molecular weight is 358 g/mol. The number of amides is 1. The Kier molecular flexibility index (Phi) is 7.91. The van der Waals surface area contributed by atoms with Gasteiger partial charge >= 0.3 is 0 Å². The molecule has 1 heterocycles. The standard InChI is InChI=1S/C17H25ClFN3O2/c1-24-10-2-5-20-17(23)13-22-8-6-21(7-9-22)12-14-3-4-15(19)11-16(14)18/h3-4,11H,2,5-10,12-13H2,1H3,(H,20,23). The molecule has 24 heavy (non-hydrogen) atoms. The number of ether oxygens (including phenoxy) is 1. The van der Waals surface area contributed by atoms with Gasteiger partial charge in [-0.05, 0) is 24.1 Å². The third-order valence-electron chi connectivity index (χ3n) is 4.09. The number of halogens is 2. The van der Waals surface area contributed by atoms with Gasteiger partial charge in [-0.3, -0.25) is 14.6 Å². The van der Waals surface area contributed by atoms with Gasteiger partial charge in [0.1, 0.15) is 5.82 Å². The first-order valence-electron chi connectivity index (χ1n) is 8.23. The molecule has 0 spiro atoms. The minimum atomic E-state index is -0.315. The van der Waals surface area contributed by atoms with E-state index >= 15 is 0 Å². The third kappa shape index (κ3) is 6.36. The second kappa shape index (κ2) is 9.93. The molecule has 0 unspecified atom stereocenters. The van der Waals surface area contributed by atoms with Crippen LogP contribution in [0.1, 0.15) is 12.0 Å². The van der Waals surface area contributed by atoms with Crippen molar-refractivity contribution >= 4 is 17.5 Å². The molecule has 7 heteroatoms. The SMILES string of the molecule is COCCCNC(=O)CN1CCN(Cc2ccc(F)cc2Cl)CC1. The molecule has 0 aromatic heterocycles. The molecule has 1 aromatic carbocycles. The van der Waals surface area contributed by atoms with Crippen LogP contribution in [0.2, 0.25) is 5.02 Å². The van der Waals surface area contributed by atoms with Crippen LogP contribution >= 0.6 is 11.6 Å². The molecule has 0 atom stereocenters. The Balaban J connectivity index is 1.68. The fourth-order valence-corrected chi connectivity index (χ4v) is 2.93. The Morgan fingerprint density at radius 3 is 2.67 bits per heavy atom. The Labute approximate surface area is 147 Å². The maximum absolute atomic E-state index is 13.1. The lowest BCUT2D eigenvalue weighted by atomic mass is 10.2. The van der Waals surface area contributed by atoms with Gasteiger partial charge in [0.15, 0.2) is 0 Å².